The highest BCUT2D eigenvalue weighted by Crippen LogP contribution is 2.28. The van der Waals surface area contributed by atoms with E-state index >= 15 is 0 Å². The van der Waals surface area contributed by atoms with Crippen molar-refractivity contribution >= 4 is 32.9 Å². The molecular formula is C17H10BrFN2O5. The Morgan fingerprint density at radius 1 is 1.19 bits per heavy atom. The highest BCUT2D eigenvalue weighted by Gasteiger charge is 2.22. The van der Waals surface area contributed by atoms with Crippen LogP contribution >= 0.6 is 15.9 Å². The molecule has 1 aromatic carbocycles. The van der Waals surface area contributed by atoms with Crippen LogP contribution < -0.4 is 0 Å². The molecular weight excluding hydrogens is 411 g/mol. The molecule has 0 amide bonds. The van der Waals surface area contributed by atoms with Crippen LogP contribution in [0.5, 0.6) is 0 Å². The standard InChI is InChI=1S/C17H10BrFN2O5/c1-8-9-3-2-4-10(19)15(9)26-14(8)17(22)23-7-13-20-21-16(25-13)11-5-6-12(18)24-11/h2-6H,7H2,1H3. The van der Waals surface area contributed by atoms with Gasteiger partial charge in [-0.25, -0.2) is 9.18 Å². The summed E-state index contributed by atoms with van der Waals surface area (Å²) >= 11 is 3.18. The first-order valence-electron chi connectivity index (χ1n) is 7.46. The summed E-state index contributed by atoms with van der Waals surface area (Å²) in [5, 5.41) is 8.12. The third kappa shape index (κ3) is 2.90. The minimum absolute atomic E-state index is 0.0143. The Hall–Kier alpha value is -2.94. The van der Waals surface area contributed by atoms with Gasteiger partial charge in [-0.3, -0.25) is 0 Å². The number of benzene rings is 1. The topological polar surface area (TPSA) is 91.5 Å². The molecule has 0 fully saturated rings. The number of carbonyl (C=O) groups is 1. The average molecular weight is 421 g/mol. The maximum atomic E-state index is 13.8. The van der Waals surface area contributed by atoms with Crippen LogP contribution in [0.1, 0.15) is 22.0 Å². The Morgan fingerprint density at radius 2 is 2.04 bits per heavy atom. The minimum atomic E-state index is -0.751. The summed E-state index contributed by atoms with van der Waals surface area (Å²) in [5.74, 6) is -0.746. The lowest BCUT2D eigenvalue weighted by Gasteiger charge is -1.99. The van der Waals surface area contributed by atoms with Crippen LogP contribution in [0.15, 0.2) is 48.3 Å². The molecule has 0 bridgehead atoms. The van der Waals surface area contributed by atoms with Gasteiger partial charge in [0.05, 0.1) is 0 Å². The number of hydrogen-bond donors (Lipinski definition) is 0. The number of rotatable bonds is 4. The smallest absolute Gasteiger partial charge is 0.375 e. The van der Waals surface area contributed by atoms with Crippen LogP contribution in [0.25, 0.3) is 22.6 Å². The Kier molecular flexibility index (Phi) is 4.08. The number of ether oxygens (including phenoxy) is 1. The fraction of sp³-hybridized carbons (Fsp3) is 0.118. The average Bonchev–Trinajstić information content (AvgIpc) is 3.33. The lowest BCUT2D eigenvalue weighted by Crippen LogP contribution is -2.05. The van der Waals surface area contributed by atoms with Crippen LogP contribution in [-0.2, 0) is 11.3 Å². The second kappa shape index (κ2) is 6.41. The third-order valence-corrected chi connectivity index (χ3v) is 4.10. The minimum Gasteiger partial charge on any atom is -0.450 e. The van der Waals surface area contributed by atoms with E-state index in [1.807, 2.05) is 0 Å². The fourth-order valence-corrected chi connectivity index (χ4v) is 2.74. The number of furan rings is 2. The van der Waals surface area contributed by atoms with Gasteiger partial charge in [0.1, 0.15) is 0 Å². The SMILES string of the molecule is Cc1c(C(=O)OCc2nnc(-c3ccc(Br)o3)o2)oc2c(F)cccc12. The largest absolute Gasteiger partial charge is 0.450 e. The predicted molar refractivity (Wildman–Crippen MR) is 89.7 cm³/mol. The molecule has 0 saturated heterocycles. The molecule has 7 nitrogen and oxygen atoms in total. The Bertz CT molecular complexity index is 1110. The number of aryl methyl sites for hydroxylation is 1. The van der Waals surface area contributed by atoms with E-state index in [2.05, 4.69) is 26.1 Å². The summed E-state index contributed by atoms with van der Waals surface area (Å²) in [6, 6.07) is 7.80. The zero-order chi connectivity index (χ0) is 18.3. The predicted octanol–water partition coefficient (Wildman–Crippen LogP) is 4.64. The molecule has 0 aliphatic rings. The lowest BCUT2D eigenvalue weighted by atomic mass is 10.1. The lowest BCUT2D eigenvalue weighted by molar-refractivity contribution is 0.0403. The van der Waals surface area contributed by atoms with Gasteiger partial charge in [0.15, 0.2) is 28.4 Å². The summed E-state index contributed by atoms with van der Waals surface area (Å²) in [7, 11) is 0. The zero-order valence-corrected chi connectivity index (χ0v) is 14.9. The van der Waals surface area contributed by atoms with Crippen molar-refractivity contribution in [2.75, 3.05) is 0 Å². The highest BCUT2D eigenvalue weighted by atomic mass is 79.9. The van der Waals surface area contributed by atoms with Crippen molar-refractivity contribution in [2.45, 2.75) is 13.5 Å². The Morgan fingerprint density at radius 3 is 2.77 bits per heavy atom. The van der Waals surface area contributed by atoms with Crippen LogP contribution in [-0.4, -0.2) is 16.2 Å². The molecule has 0 saturated carbocycles. The first-order chi connectivity index (χ1) is 12.5. The molecule has 0 atom stereocenters. The van der Waals surface area contributed by atoms with Crippen molar-refractivity contribution in [1.82, 2.24) is 10.2 Å². The van der Waals surface area contributed by atoms with Gasteiger partial charge >= 0.3 is 5.97 Å². The van der Waals surface area contributed by atoms with Crippen LogP contribution in [0.4, 0.5) is 4.39 Å². The highest BCUT2D eigenvalue weighted by molar-refractivity contribution is 9.10. The van der Waals surface area contributed by atoms with Crippen LogP contribution in [0, 0.1) is 12.7 Å². The maximum absolute atomic E-state index is 13.8. The monoisotopic (exact) mass is 420 g/mol. The van der Waals surface area contributed by atoms with Gasteiger partial charge < -0.3 is 18.0 Å². The third-order valence-electron chi connectivity index (χ3n) is 3.68. The van der Waals surface area contributed by atoms with Gasteiger partial charge in [0.25, 0.3) is 11.8 Å². The fourth-order valence-electron chi connectivity index (χ4n) is 2.44. The van der Waals surface area contributed by atoms with Gasteiger partial charge in [0, 0.05) is 10.9 Å². The molecule has 0 unspecified atom stereocenters. The van der Waals surface area contributed by atoms with E-state index in [1.54, 1.807) is 31.2 Å². The van der Waals surface area contributed by atoms with Crippen molar-refractivity contribution in [2.24, 2.45) is 0 Å². The molecule has 3 heterocycles. The van der Waals surface area contributed by atoms with Crippen molar-refractivity contribution in [3.8, 4) is 11.7 Å². The van der Waals surface area contributed by atoms with Crippen molar-refractivity contribution in [1.29, 1.82) is 0 Å². The second-order valence-corrected chi connectivity index (χ2v) is 6.14. The number of carbonyl (C=O) groups excluding carboxylic acids is 1. The van der Waals surface area contributed by atoms with Gasteiger partial charge in [-0.1, -0.05) is 12.1 Å². The molecule has 9 heteroatoms. The normalized spacial score (nSPS) is 11.2. The van der Waals surface area contributed by atoms with Crippen molar-refractivity contribution in [3.05, 3.63) is 58.0 Å². The van der Waals surface area contributed by atoms with E-state index < -0.39 is 11.8 Å². The van der Waals surface area contributed by atoms with E-state index in [-0.39, 0.29) is 29.7 Å². The number of hydrogen-bond acceptors (Lipinski definition) is 7. The molecule has 3 aromatic heterocycles. The first kappa shape index (κ1) is 16.5. The molecule has 4 rings (SSSR count). The van der Waals surface area contributed by atoms with Gasteiger partial charge in [-0.2, -0.15) is 0 Å². The number of halogens is 2. The van der Waals surface area contributed by atoms with Gasteiger partial charge in [0.2, 0.25) is 5.76 Å². The number of fused-ring (bicyclic) bond motifs is 1. The van der Waals surface area contributed by atoms with E-state index in [9.17, 15) is 9.18 Å². The Labute approximate surface area is 153 Å². The molecule has 0 radical (unpaired) electrons. The Balaban J connectivity index is 1.50. The quantitative estimate of drug-likeness (QED) is 0.443. The molecule has 0 aliphatic carbocycles. The number of para-hydroxylation sites is 1. The second-order valence-electron chi connectivity index (χ2n) is 5.35. The number of nitrogens with zero attached hydrogens (tertiary/aromatic N) is 2. The molecule has 0 N–H and O–H groups in total. The van der Waals surface area contributed by atoms with Crippen molar-refractivity contribution < 1.29 is 27.2 Å². The number of aromatic nitrogens is 2. The van der Waals surface area contributed by atoms with Crippen LogP contribution in [0.3, 0.4) is 0 Å². The summed E-state index contributed by atoms with van der Waals surface area (Å²) in [5.41, 5.74) is 0.511. The summed E-state index contributed by atoms with van der Waals surface area (Å²) in [6.45, 7) is 1.40. The maximum Gasteiger partial charge on any atom is 0.375 e. The van der Waals surface area contributed by atoms with E-state index in [1.165, 1.54) is 6.07 Å². The summed E-state index contributed by atoms with van der Waals surface area (Å²) in [4.78, 5) is 12.2. The molecule has 0 spiro atoms. The molecule has 0 aliphatic heterocycles. The van der Waals surface area contributed by atoms with Crippen molar-refractivity contribution in [3.63, 3.8) is 0 Å². The first-order valence-corrected chi connectivity index (χ1v) is 8.25. The molecule has 132 valence electrons. The van der Waals surface area contributed by atoms with E-state index in [4.69, 9.17) is 18.0 Å². The summed E-state index contributed by atoms with van der Waals surface area (Å²) in [6.07, 6.45) is 0. The van der Waals surface area contributed by atoms with Gasteiger partial charge in [-0.05, 0) is 41.1 Å². The zero-order valence-electron chi connectivity index (χ0n) is 13.3. The van der Waals surface area contributed by atoms with E-state index in [0.29, 0.717) is 21.4 Å². The molecule has 26 heavy (non-hydrogen) atoms. The summed E-state index contributed by atoms with van der Waals surface area (Å²) < 4.78 is 35.4. The van der Waals surface area contributed by atoms with Crippen LogP contribution in [0.2, 0.25) is 0 Å². The van der Waals surface area contributed by atoms with Gasteiger partial charge in [-0.15, -0.1) is 10.2 Å². The molecule has 4 aromatic rings. The number of esters is 1. The van der Waals surface area contributed by atoms with E-state index in [0.717, 1.165) is 0 Å².